The van der Waals surface area contributed by atoms with Gasteiger partial charge in [0.1, 0.15) is 5.54 Å². The van der Waals surface area contributed by atoms with Crippen LogP contribution in [0, 0.1) is 5.95 Å². The number of nitrogens with zero attached hydrogens (tertiary/aromatic N) is 1. The Balaban J connectivity index is 3.21. The lowest BCUT2D eigenvalue weighted by Gasteiger charge is -2.19. The Morgan fingerprint density at radius 3 is 2.71 bits per heavy atom. The van der Waals surface area contributed by atoms with Crippen molar-refractivity contribution in [3.8, 4) is 0 Å². The van der Waals surface area contributed by atoms with Gasteiger partial charge in [-0.2, -0.15) is 4.39 Å². The van der Waals surface area contributed by atoms with Gasteiger partial charge in [-0.15, -0.1) is 0 Å². The van der Waals surface area contributed by atoms with Gasteiger partial charge in [-0.05, 0) is 13.0 Å². The fourth-order valence-corrected chi connectivity index (χ4v) is 0.873. The number of anilines is 1. The van der Waals surface area contributed by atoms with Gasteiger partial charge < -0.3 is 16.6 Å². The molecule has 0 unspecified atom stereocenters. The highest BCUT2D eigenvalue weighted by atomic mass is 19.1. The molecule has 0 spiro atoms. The van der Waals surface area contributed by atoms with E-state index in [1.54, 1.807) is 0 Å². The van der Waals surface area contributed by atoms with Crippen molar-refractivity contribution < 1.29 is 14.3 Å². The van der Waals surface area contributed by atoms with Gasteiger partial charge >= 0.3 is 5.97 Å². The molecule has 0 amide bonds. The standard InChI is InChI=1S/C8H10FN3O2/c1-8(11,7(13)14)4-2-5(10)6(9)12-3-4/h2-3H,10-11H2,1H3,(H,13,14)/t8-/m0/s1. The number of carboxylic acids is 1. The number of nitrogens with two attached hydrogens (primary N) is 2. The summed E-state index contributed by atoms with van der Waals surface area (Å²) < 4.78 is 12.7. The summed E-state index contributed by atoms with van der Waals surface area (Å²) in [6.07, 6.45) is 1.06. The molecule has 1 aromatic rings. The van der Waals surface area contributed by atoms with Crippen LogP contribution in [0.25, 0.3) is 0 Å². The summed E-state index contributed by atoms with van der Waals surface area (Å²) in [5.74, 6) is -2.07. The first kappa shape index (κ1) is 10.4. The van der Waals surface area contributed by atoms with E-state index in [1.165, 1.54) is 6.92 Å². The number of hydrogen-bond acceptors (Lipinski definition) is 4. The molecule has 76 valence electrons. The maximum atomic E-state index is 12.7. The fourth-order valence-electron chi connectivity index (χ4n) is 0.873. The minimum Gasteiger partial charge on any atom is -0.480 e. The Labute approximate surface area is 79.5 Å². The Morgan fingerprint density at radius 1 is 1.71 bits per heavy atom. The molecule has 6 heteroatoms. The zero-order valence-corrected chi connectivity index (χ0v) is 7.49. The van der Waals surface area contributed by atoms with Crippen LogP contribution in [-0.4, -0.2) is 16.1 Å². The first-order valence-corrected chi connectivity index (χ1v) is 3.79. The van der Waals surface area contributed by atoms with Gasteiger partial charge in [-0.1, -0.05) is 0 Å². The first-order valence-electron chi connectivity index (χ1n) is 3.79. The van der Waals surface area contributed by atoms with Gasteiger partial charge in [0.05, 0.1) is 5.69 Å². The highest BCUT2D eigenvalue weighted by Crippen LogP contribution is 2.20. The van der Waals surface area contributed by atoms with E-state index >= 15 is 0 Å². The van der Waals surface area contributed by atoms with Gasteiger partial charge in [-0.3, -0.25) is 0 Å². The highest BCUT2D eigenvalue weighted by molar-refractivity contribution is 5.80. The highest BCUT2D eigenvalue weighted by Gasteiger charge is 2.31. The summed E-state index contributed by atoms with van der Waals surface area (Å²) in [7, 11) is 0. The fraction of sp³-hybridized carbons (Fsp3) is 0.250. The Kier molecular flexibility index (Phi) is 2.39. The lowest BCUT2D eigenvalue weighted by molar-refractivity contribution is -0.143. The van der Waals surface area contributed by atoms with Crippen LogP contribution in [0.4, 0.5) is 10.1 Å². The smallest absolute Gasteiger partial charge is 0.328 e. The molecule has 1 rings (SSSR count). The first-order chi connectivity index (χ1) is 6.35. The largest absolute Gasteiger partial charge is 0.480 e. The Bertz CT molecular complexity index is 379. The number of nitrogen functional groups attached to an aromatic ring is 1. The van der Waals surface area contributed by atoms with E-state index in [1.807, 2.05) is 0 Å². The summed E-state index contributed by atoms with van der Waals surface area (Å²) in [6.45, 7) is 1.28. The molecule has 1 aromatic heterocycles. The third-order valence-corrected chi connectivity index (χ3v) is 1.91. The van der Waals surface area contributed by atoms with E-state index in [0.717, 1.165) is 12.3 Å². The number of hydrogen-bond donors (Lipinski definition) is 3. The molecule has 0 saturated carbocycles. The van der Waals surface area contributed by atoms with Gasteiger partial charge in [0.2, 0.25) is 5.95 Å². The maximum Gasteiger partial charge on any atom is 0.328 e. The van der Waals surface area contributed by atoms with Crippen LogP contribution in [0.3, 0.4) is 0 Å². The van der Waals surface area contributed by atoms with Gasteiger partial charge in [-0.25, -0.2) is 9.78 Å². The van der Waals surface area contributed by atoms with Crippen molar-refractivity contribution in [3.05, 3.63) is 23.8 Å². The molecule has 1 atom stereocenters. The van der Waals surface area contributed by atoms with Crippen molar-refractivity contribution in [3.63, 3.8) is 0 Å². The molecule has 5 N–H and O–H groups in total. The number of aliphatic carboxylic acids is 1. The van der Waals surface area contributed by atoms with Crippen LogP contribution in [0.2, 0.25) is 0 Å². The molecule has 1 heterocycles. The Morgan fingerprint density at radius 2 is 2.29 bits per heavy atom. The van der Waals surface area contributed by atoms with E-state index in [4.69, 9.17) is 16.6 Å². The van der Waals surface area contributed by atoms with Gasteiger partial charge in [0.15, 0.2) is 0 Å². The lowest BCUT2D eigenvalue weighted by atomic mass is 9.95. The summed E-state index contributed by atoms with van der Waals surface area (Å²) in [4.78, 5) is 14.0. The summed E-state index contributed by atoms with van der Waals surface area (Å²) >= 11 is 0. The van der Waals surface area contributed by atoms with Crippen LogP contribution < -0.4 is 11.5 Å². The SMILES string of the molecule is C[C@@](N)(C(=O)O)c1cnc(F)c(N)c1. The lowest BCUT2D eigenvalue weighted by Crippen LogP contribution is -2.41. The average Bonchev–Trinajstić information content (AvgIpc) is 2.09. The van der Waals surface area contributed by atoms with Gasteiger partial charge in [0, 0.05) is 11.8 Å². The van der Waals surface area contributed by atoms with E-state index in [0.29, 0.717) is 0 Å². The predicted molar refractivity (Wildman–Crippen MR) is 47.8 cm³/mol. The van der Waals surface area contributed by atoms with E-state index < -0.39 is 17.5 Å². The number of carboxylic acid groups (broad SMARTS) is 1. The minimum absolute atomic E-state index is 0.156. The van der Waals surface area contributed by atoms with E-state index in [9.17, 15) is 9.18 Å². The van der Waals surface area contributed by atoms with Crippen LogP contribution in [0.1, 0.15) is 12.5 Å². The van der Waals surface area contributed by atoms with Crippen LogP contribution in [0.15, 0.2) is 12.3 Å². The van der Waals surface area contributed by atoms with Crippen molar-refractivity contribution in [1.29, 1.82) is 0 Å². The molecule has 0 saturated heterocycles. The average molecular weight is 199 g/mol. The number of rotatable bonds is 2. The topological polar surface area (TPSA) is 102 Å². The molecule has 0 aliphatic rings. The van der Waals surface area contributed by atoms with E-state index in [-0.39, 0.29) is 11.3 Å². The molecule has 5 nitrogen and oxygen atoms in total. The Hall–Kier alpha value is -1.69. The minimum atomic E-state index is -1.62. The maximum absolute atomic E-state index is 12.7. The molecule has 0 bridgehead atoms. The van der Waals surface area contributed by atoms with Gasteiger partial charge in [0.25, 0.3) is 0 Å². The quantitative estimate of drug-likeness (QED) is 0.584. The molecular weight excluding hydrogens is 189 g/mol. The van der Waals surface area contributed by atoms with Crippen LogP contribution in [-0.2, 0) is 10.3 Å². The molecule has 0 radical (unpaired) electrons. The molecule has 0 aliphatic heterocycles. The van der Waals surface area contributed by atoms with Crippen LogP contribution in [0.5, 0.6) is 0 Å². The zero-order valence-electron chi connectivity index (χ0n) is 7.49. The van der Waals surface area contributed by atoms with Crippen molar-refractivity contribution in [2.75, 3.05) is 5.73 Å². The summed E-state index contributed by atoms with van der Waals surface area (Å²) in [6, 6.07) is 1.16. The summed E-state index contributed by atoms with van der Waals surface area (Å²) in [5.41, 5.74) is 9.03. The normalized spacial score (nSPS) is 14.8. The third kappa shape index (κ3) is 1.64. The number of pyridine rings is 1. The molecule has 0 aromatic carbocycles. The predicted octanol–water partition coefficient (Wildman–Crippen LogP) is 0.0614. The third-order valence-electron chi connectivity index (χ3n) is 1.91. The number of halogens is 1. The molecule has 0 fully saturated rings. The van der Waals surface area contributed by atoms with Crippen LogP contribution >= 0.6 is 0 Å². The molecule has 14 heavy (non-hydrogen) atoms. The summed E-state index contributed by atoms with van der Waals surface area (Å²) in [5, 5.41) is 8.77. The second-order valence-electron chi connectivity index (χ2n) is 3.11. The van der Waals surface area contributed by atoms with Crippen molar-refractivity contribution >= 4 is 11.7 Å². The number of aromatic nitrogens is 1. The molecule has 0 aliphatic carbocycles. The molecular formula is C8H10FN3O2. The second-order valence-corrected chi connectivity index (χ2v) is 3.11. The van der Waals surface area contributed by atoms with Crippen molar-refractivity contribution in [2.24, 2.45) is 5.73 Å². The van der Waals surface area contributed by atoms with E-state index in [2.05, 4.69) is 4.98 Å². The second kappa shape index (κ2) is 3.22. The monoisotopic (exact) mass is 199 g/mol. The zero-order chi connectivity index (χ0) is 10.9. The van der Waals surface area contributed by atoms with Crippen molar-refractivity contribution in [1.82, 2.24) is 4.98 Å². The van der Waals surface area contributed by atoms with Crippen molar-refractivity contribution in [2.45, 2.75) is 12.5 Å². The number of carbonyl (C=O) groups is 1.